The van der Waals surface area contributed by atoms with E-state index >= 15 is 0 Å². The smallest absolute Gasteiger partial charge is 0.272 e. The first-order valence-electron chi connectivity index (χ1n) is 7.74. The van der Waals surface area contributed by atoms with Crippen molar-refractivity contribution in [2.75, 3.05) is 16.7 Å². The van der Waals surface area contributed by atoms with Gasteiger partial charge >= 0.3 is 0 Å². The van der Waals surface area contributed by atoms with Gasteiger partial charge in [0.25, 0.3) is 10.0 Å². The fraction of sp³-hybridized carbons (Fsp3) is 0.167. The molecule has 25 heavy (non-hydrogen) atoms. The number of anilines is 2. The quantitative estimate of drug-likeness (QED) is 0.712. The number of sulfonamides is 1. The van der Waals surface area contributed by atoms with Crippen LogP contribution in [0.2, 0.25) is 0 Å². The topological polar surface area (TPSA) is 62.3 Å². The minimum atomic E-state index is -3.58. The van der Waals surface area contributed by atoms with E-state index in [9.17, 15) is 8.42 Å². The monoisotopic (exact) mass is 373 g/mol. The Morgan fingerprint density at radius 3 is 2.44 bits per heavy atom. The molecule has 0 spiro atoms. The molecule has 0 aliphatic carbocycles. The van der Waals surface area contributed by atoms with Gasteiger partial charge in [-0.3, -0.25) is 4.72 Å². The minimum absolute atomic E-state index is 0.289. The highest BCUT2D eigenvalue weighted by Crippen LogP contribution is 2.23. The third kappa shape index (κ3) is 4.37. The number of aromatic nitrogens is 1. The third-order valence-electron chi connectivity index (χ3n) is 3.67. The summed E-state index contributed by atoms with van der Waals surface area (Å²) in [5, 5.41) is 0. The molecule has 0 saturated heterocycles. The Morgan fingerprint density at radius 1 is 1.08 bits per heavy atom. The summed E-state index contributed by atoms with van der Waals surface area (Å²) < 4.78 is 27.5. The predicted molar refractivity (Wildman–Crippen MR) is 103 cm³/mol. The lowest BCUT2D eigenvalue weighted by atomic mass is 10.2. The average Bonchev–Trinajstić information content (AvgIpc) is 3.03. The van der Waals surface area contributed by atoms with E-state index in [-0.39, 0.29) is 4.21 Å². The van der Waals surface area contributed by atoms with Crippen LogP contribution >= 0.6 is 11.3 Å². The average molecular weight is 374 g/mol. The molecule has 0 saturated carbocycles. The molecule has 3 aromatic rings. The zero-order valence-corrected chi connectivity index (χ0v) is 15.6. The van der Waals surface area contributed by atoms with Crippen molar-refractivity contribution >= 4 is 32.9 Å². The summed E-state index contributed by atoms with van der Waals surface area (Å²) in [7, 11) is -1.61. The summed E-state index contributed by atoms with van der Waals surface area (Å²) in [5.74, 6) is 0.308. The van der Waals surface area contributed by atoms with Crippen molar-refractivity contribution in [3.05, 3.63) is 71.2 Å². The molecule has 0 atom stereocenters. The SMILES string of the molecule is Cc1ccc(S(=O)(=O)Nc2ccc(N(C)Cc3ccccc3)cn2)s1. The van der Waals surface area contributed by atoms with Gasteiger partial charge in [-0.15, -0.1) is 11.3 Å². The van der Waals surface area contributed by atoms with E-state index < -0.39 is 10.0 Å². The molecule has 0 aliphatic heterocycles. The van der Waals surface area contributed by atoms with Crippen molar-refractivity contribution in [1.29, 1.82) is 0 Å². The number of nitrogens with one attached hydrogen (secondary N) is 1. The van der Waals surface area contributed by atoms with E-state index in [1.807, 2.05) is 38.2 Å². The Hall–Kier alpha value is -2.38. The van der Waals surface area contributed by atoms with Crippen molar-refractivity contribution in [3.63, 3.8) is 0 Å². The second-order valence-corrected chi connectivity index (χ2v) is 8.91. The number of pyridine rings is 1. The van der Waals surface area contributed by atoms with Crippen LogP contribution in [-0.2, 0) is 16.6 Å². The van der Waals surface area contributed by atoms with Gasteiger partial charge in [0.1, 0.15) is 10.0 Å². The summed E-state index contributed by atoms with van der Waals surface area (Å²) in [4.78, 5) is 7.24. The van der Waals surface area contributed by atoms with Crippen molar-refractivity contribution < 1.29 is 8.42 Å². The first-order chi connectivity index (χ1) is 11.9. The van der Waals surface area contributed by atoms with Crippen LogP contribution in [0.1, 0.15) is 10.4 Å². The molecule has 0 bridgehead atoms. The number of thiophene rings is 1. The molecule has 0 amide bonds. The zero-order chi connectivity index (χ0) is 17.9. The standard InChI is InChI=1S/C18H19N3O2S2/c1-14-8-11-18(24-14)25(22,23)20-17-10-9-16(12-19-17)21(2)13-15-6-4-3-5-7-15/h3-12H,13H2,1-2H3,(H,19,20). The van der Waals surface area contributed by atoms with Crippen LogP contribution in [0.5, 0.6) is 0 Å². The maximum absolute atomic E-state index is 12.3. The first-order valence-corrected chi connectivity index (χ1v) is 10.0. The fourth-order valence-corrected chi connectivity index (χ4v) is 4.66. The van der Waals surface area contributed by atoms with Gasteiger partial charge in [-0.25, -0.2) is 13.4 Å². The van der Waals surface area contributed by atoms with Crippen LogP contribution in [-0.4, -0.2) is 20.4 Å². The van der Waals surface area contributed by atoms with Crippen LogP contribution in [0.3, 0.4) is 0 Å². The highest BCUT2D eigenvalue weighted by atomic mass is 32.2. The largest absolute Gasteiger partial charge is 0.369 e. The molecule has 130 valence electrons. The molecule has 1 N–H and O–H groups in total. The number of hydrogen-bond acceptors (Lipinski definition) is 5. The fourth-order valence-electron chi connectivity index (χ4n) is 2.37. The minimum Gasteiger partial charge on any atom is -0.369 e. The Bertz CT molecular complexity index is 936. The van der Waals surface area contributed by atoms with Crippen molar-refractivity contribution in [2.45, 2.75) is 17.7 Å². The first kappa shape index (κ1) is 17.4. The van der Waals surface area contributed by atoms with Crippen LogP contribution in [0.25, 0.3) is 0 Å². The van der Waals surface area contributed by atoms with E-state index in [0.29, 0.717) is 5.82 Å². The summed E-state index contributed by atoms with van der Waals surface area (Å²) >= 11 is 1.24. The molecule has 2 heterocycles. The number of benzene rings is 1. The highest BCUT2D eigenvalue weighted by molar-refractivity contribution is 7.94. The number of nitrogens with zero attached hydrogens (tertiary/aromatic N) is 2. The van der Waals surface area contributed by atoms with Gasteiger partial charge in [-0.1, -0.05) is 30.3 Å². The summed E-state index contributed by atoms with van der Waals surface area (Å²) in [6.07, 6.45) is 1.67. The highest BCUT2D eigenvalue weighted by Gasteiger charge is 2.17. The van der Waals surface area contributed by atoms with Gasteiger partial charge in [0.15, 0.2) is 0 Å². The number of aryl methyl sites for hydroxylation is 1. The Morgan fingerprint density at radius 2 is 1.84 bits per heavy atom. The number of rotatable bonds is 6. The maximum Gasteiger partial charge on any atom is 0.272 e. The number of hydrogen-bond donors (Lipinski definition) is 1. The molecule has 0 aliphatic rings. The van der Waals surface area contributed by atoms with E-state index in [1.165, 1.54) is 16.9 Å². The Kier molecular flexibility index (Phi) is 5.06. The van der Waals surface area contributed by atoms with Gasteiger partial charge < -0.3 is 4.90 Å². The molecule has 0 fully saturated rings. The zero-order valence-electron chi connectivity index (χ0n) is 14.0. The molecular formula is C18H19N3O2S2. The lowest BCUT2D eigenvalue weighted by Gasteiger charge is -2.19. The van der Waals surface area contributed by atoms with Gasteiger partial charge in [0.2, 0.25) is 0 Å². The molecule has 0 unspecified atom stereocenters. The van der Waals surface area contributed by atoms with E-state index in [2.05, 4.69) is 26.7 Å². The van der Waals surface area contributed by atoms with Crippen LogP contribution < -0.4 is 9.62 Å². The molecule has 0 radical (unpaired) electrons. The second kappa shape index (κ2) is 7.25. The van der Waals surface area contributed by atoms with Gasteiger partial charge in [-0.2, -0.15) is 0 Å². The molecule has 5 nitrogen and oxygen atoms in total. The van der Waals surface area contributed by atoms with Gasteiger partial charge in [0.05, 0.1) is 11.9 Å². The van der Waals surface area contributed by atoms with Gasteiger partial charge in [0, 0.05) is 18.5 Å². The Labute approximate surface area is 152 Å². The van der Waals surface area contributed by atoms with Crippen LogP contribution in [0.4, 0.5) is 11.5 Å². The molecule has 3 rings (SSSR count). The van der Waals surface area contributed by atoms with E-state index in [1.54, 1.807) is 24.4 Å². The van der Waals surface area contributed by atoms with Crippen LogP contribution in [0, 0.1) is 6.92 Å². The van der Waals surface area contributed by atoms with Crippen molar-refractivity contribution in [2.24, 2.45) is 0 Å². The summed E-state index contributed by atoms with van der Waals surface area (Å²) in [6, 6.07) is 17.0. The van der Waals surface area contributed by atoms with E-state index in [0.717, 1.165) is 17.1 Å². The van der Waals surface area contributed by atoms with Gasteiger partial charge in [-0.05, 0) is 36.8 Å². The second-order valence-electron chi connectivity index (χ2n) is 5.71. The Balaban J connectivity index is 1.70. The molecular weight excluding hydrogens is 354 g/mol. The van der Waals surface area contributed by atoms with Crippen molar-refractivity contribution in [3.8, 4) is 0 Å². The molecule has 7 heteroatoms. The summed E-state index contributed by atoms with van der Waals surface area (Å²) in [5.41, 5.74) is 2.11. The third-order valence-corrected chi connectivity index (χ3v) is 6.52. The predicted octanol–water partition coefficient (Wildman–Crippen LogP) is 3.89. The lowest BCUT2D eigenvalue weighted by Crippen LogP contribution is -2.17. The summed E-state index contributed by atoms with van der Waals surface area (Å²) in [6.45, 7) is 2.63. The van der Waals surface area contributed by atoms with Crippen LogP contribution in [0.15, 0.2) is 65.0 Å². The normalized spacial score (nSPS) is 11.3. The molecule has 1 aromatic carbocycles. The van der Waals surface area contributed by atoms with E-state index in [4.69, 9.17) is 0 Å². The molecule has 2 aromatic heterocycles. The maximum atomic E-state index is 12.3. The lowest BCUT2D eigenvalue weighted by molar-refractivity contribution is 0.603. The van der Waals surface area contributed by atoms with Crippen molar-refractivity contribution in [1.82, 2.24) is 4.98 Å².